The number of halogens is 4. The summed E-state index contributed by atoms with van der Waals surface area (Å²) < 4.78 is 51.4. The lowest BCUT2D eigenvalue weighted by atomic mass is 9.97. The fourth-order valence-electron chi connectivity index (χ4n) is 2.39. The van der Waals surface area contributed by atoms with Crippen LogP contribution in [-0.4, -0.2) is 30.1 Å². The number of hydrogen-bond acceptors (Lipinski definition) is 1. The number of benzene rings is 1. The third-order valence-corrected chi connectivity index (χ3v) is 3.54. The number of alkyl halides is 3. The Bertz CT molecular complexity index is 486. The highest BCUT2D eigenvalue weighted by Gasteiger charge is 2.42. The topological polar surface area (TPSA) is 20.3 Å². The van der Waals surface area contributed by atoms with Gasteiger partial charge in [0.15, 0.2) is 0 Å². The molecule has 1 aliphatic rings. The van der Waals surface area contributed by atoms with Crippen LogP contribution in [0.4, 0.5) is 17.6 Å². The summed E-state index contributed by atoms with van der Waals surface area (Å²) in [5, 5.41) is 0. The Kier molecular flexibility index (Phi) is 4.30. The highest BCUT2D eigenvalue weighted by molar-refractivity contribution is 5.78. The summed E-state index contributed by atoms with van der Waals surface area (Å²) in [5.74, 6) is -2.44. The van der Waals surface area contributed by atoms with Gasteiger partial charge in [0.2, 0.25) is 5.91 Å². The van der Waals surface area contributed by atoms with Crippen molar-refractivity contribution in [1.82, 2.24) is 4.90 Å². The normalized spacial score (nSPS) is 20.0. The SMILES string of the molecule is O=C(Cc1ccccc1F)N1CCC[C@@H](C(F)(F)F)C1. The highest BCUT2D eigenvalue weighted by Crippen LogP contribution is 2.33. The first-order chi connectivity index (χ1) is 9.38. The van der Waals surface area contributed by atoms with Gasteiger partial charge < -0.3 is 4.90 Å². The van der Waals surface area contributed by atoms with Crippen LogP contribution >= 0.6 is 0 Å². The second kappa shape index (κ2) is 5.81. The minimum absolute atomic E-state index is 0.0486. The molecule has 1 aromatic carbocycles. The molecule has 0 bridgehead atoms. The molecule has 1 fully saturated rings. The summed E-state index contributed by atoms with van der Waals surface area (Å²) in [5.41, 5.74) is 0.214. The molecule has 2 nitrogen and oxygen atoms in total. The molecule has 0 saturated carbocycles. The Morgan fingerprint density at radius 3 is 2.65 bits per heavy atom. The standard InChI is InChI=1S/C14H15F4NO/c15-12-6-2-1-4-10(12)8-13(20)19-7-3-5-11(9-19)14(16,17)18/h1-2,4,6,11H,3,5,7-9H2/t11-/m1/s1. The first-order valence-electron chi connectivity index (χ1n) is 6.46. The molecule has 0 radical (unpaired) electrons. The van der Waals surface area contributed by atoms with Gasteiger partial charge in [-0.1, -0.05) is 18.2 Å². The predicted molar refractivity (Wildman–Crippen MR) is 65.5 cm³/mol. The number of piperidine rings is 1. The van der Waals surface area contributed by atoms with E-state index >= 15 is 0 Å². The smallest absolute Gasteiger partial charge is 0.342 e. The van der Waals surface area contributed by atoms with E-state index in [0.717, 1.165) is 0 Å². The van der Waals surface area contributed by atoms with Crippen LogP contribution in [0.1, 0.15) is 18.4 Å². The minimum Gasteiger partial charge on any atom is -0.342 e. The molecule has 0 aliphatic carbocycles. The van der Waals surface area contributed by atoms with E-state index in [-0.39, 0.29) is 24.9 Å². The number of rotatable bonds is 2. The van der Waals surface area contributed by atoms with Gasteiger partial charge in [0.25, 0.3) is 0 Å². The molecule has 0 N–H and O–H groups in total. The van der Waals surface area contributed by atoms with Crippen LogP contribution in [-0.2, 0) is 11.2 Å². The van der Waals surface area contributed by atoms with E-state index in [1.54, 1.807) is 6.07 Å². The number of carbonyl (C=O) groups excluding carboxylic acids is 1. The fourth-order valence-corrected chi connectivity index (χ4v) is 2.39. The molecule has 1 aromatic rings. The molecule has 0 spiro atoms. The highest BCUT2D eigenvalue weighted by atomic mass is 19.4. The van der Waals surface area contributed by atoms with E-state index in [2.05, 4.69) is 0 Å². The van der Waals surface area contributed by atoms with Crippen molar-refractivity contribution >= 4 is 5.91 Å². The number of likely N-dealkylation sites (tertiary alicyclic amines) is 1. The van der Waals surface area contributed by atoms with Gasteiger partial charge in [-0.25, -0.2) is 4.39 Å². The van der Waals surface area contributed by atoms with Crippen molar-refractivity contribution in [2.45, 2.75) is 25.4 Å². The summed E-state index contributed by atoms with van der Waals surface area (Å²) in [6.45, 7) is -0.0172. The zero-order valence-electron chi connectivity index (χ0n) is 10.8. The number of carbonyl (C=O) groups is 1. The molecular formula is C14H15F4NO. The van der Waals surface area contributed by atoms with E-state index in [4.69, 9.17) is 0 Å². The van der Waals surface area contributed by atoms with E-state index < -0.39 is 23.8 Å². The van der Waals surface area contributed by atoms with Crippen molar-refractivity contribution in [3.05, 3.63) is 35.6 Å². The summed E-state index contributed by atoms with van der Waals surface area (Å²) in [4.78, 5) is 13.2. The Labute approximate surface area is 114 Å². The van der Waals surface area contributed by atoms with Gasteiger partial charge in [0, 0.05) is 13.1 Å². The number of amides is 1. The van der Waals surface area contributed by atoms with Crippen molar-refractivity contribution in [2.24, 2.45) is 5.92 Å². The van der Waals surface area contributed by atoms with Crippen LogP contribution in [0, 0.1) is 11.7 Å². The van der Waals surface area contributed by atoms with E-state index in [9.17, 15) is 22.4 Å². The second-order valence-electron chi connectivity index (χ2n) is 4.99. The van der Waals surface area contributed by atoms with Crippen LogP contribution in [0.2, 0.25) is 0 Å². The minimum atomic E-state index is -4.28. The first-order valence-corrected chi connectivity index (χ1v) is 6.46. The maximum absolute atomic E-state index is 13.4. The monoisotopic (exact) mass is 289 g/mol. The Morgan fingerprint density at radius 1 is 1.30 bits per heavy atom. The molecule has 1 amide bonds. The van der Waals surface area contributed by atoms with Crippen molar-refractivity contribution in [1.29, 1.82) is 0 Å². The molecule has 1 heterocycles. The van der Waals surface area contributed by atoms with Crippen LogP contribution < -0.4 is 0 Å². The van der Waals surface area contributed by atoms with Crippen molar-refractivity contribution in [3.8, 4) is 0 Å². The zero-order chi connectivity index (χ0) is 14.8. The molecule has 6 heteroatoms. The molecule has 0 aromatic heterocycles. The summed E-state index contributed by atoms with van der Waals surface area (Å²) >= 11 is 0. The van der Waals surface area contributed by atoms with Gasteiger partial charge >= 0.3 is 6.18 Å². The molecule has 2 rings (SSSR count). The van der Waals surface area contributed by atoms with Gasteiger partial charge in [0.05, 0.1) is 12.3 Å². The number of hydrogen-bond donors (Lipinski definition) is 0. The van der Waals surface area contributed by atoms with Crippen LogP contribution in [0.3, 0.4) is 0 Å². The van der Waals surface area contributed by atoms with Crippen LogP contribution in [0.25, 0.3) is 0 Å². The van der Waals surface area contributed by atoms with Gasteiger partial charge in [0.1, 0.15) is 5.82 Å². The van der Waals surface area contributed by atoms with Crippen LogP contribution in [0.5, 0.6) is 0 Å². The number of nitrogens with zero attached hydrogens (tertiary/aromatic N) is 1. The van der Waals surface area contributed by atoms with Crippen molar-refractivity contribution in [3.63, 3.8) is 0 Å². The maximum atomic E-state index is 13.4. The van der Waals surface area contributed by atoms with Crippen LogP contribution in [0.15, 0.2) is 24.3 Å². The third-order valence-electron chi connectivity index (χ3n) is 3.54. The third kappa shape index (κ3) is 3.49. The molecule has 110 valence electrons. The van der Waals surface area contributed by atoms with E-state index in [1.165, 1.54) is 23.1 Å². The summed E-state index contributed by atoms with van der Waals surface area (Å²) in [6.07, 6.45) is -4.10. The second-order valence-corrected chi connectivity index (χ2v) is 4.99. The lowest BCUT2D eigenvalue weighted by Gasteiger charge is -2.33. The first kappa shape index (κ1) is 14.8. The maximum Gasteiger partial charge on any atom is 0.393 e. The molecule has 0 unspecified atom stereocenters. The molecular weight excluding hydrogens is 274 g/mol. The van der Waals surface area contributed by atoms with Gasteiger partial charge in [-0.05, 0) is 24.5 Å². The quantitative estimate of drug-likeness (QED) is 0.766. The predicted octanol–water partition coefficient (Wildman–Crippen LogP) is 3.17. The van der Waals surface area contributed by atoms with Gasteiger partial charge in [-0.15, -0.1) is 0 Å². The molecule has 20 heavy (non-hydrogen) atoms. The molecule has 1 saturated heterocycles. The summed E-state index contributed by atoms with van der Waals surface area (Å²) in [6, 6.07) is 5.81. The summed E-state index contributed by atoms with van der Waals surface area (Å²) in [7, 11) is 0. The van der Waals surface area contributed by atoms with E-state index in [1.807, 2.05) is 0 Å². The lowest BCUT2D eigenvalue weighted by Crippen LogP contribution is -2.45. The largest absolute Gasteiger partial charge is 0.393 e. The Hall–Kier alpha value is -1.59. The molecule has 1 aliphatic heterocycles. The average molecular weight is 289 g/mol. The lowest BCUT2D eigenvalue weighted by molar-refractivity contribution is -0.187. The fraction of sp³-hybridized carbons (Fsp3) is 0.500. The van der Waals surface area contributed by atoms with Crippen molar-refractivity contribution < 1.29 is 22.4 Å². The Morgan fingerprint density at radius 2 is 2.00 bits per heavy atom. The average Bonchev–Trinajstić information content (AvgIpc) is 2.40. The molecule has 1 atom stereocenters. The Balaban J connectivity index is 2.01. The van der Waals surface area contributed by atoms with Gasteiger partial charge in [-0.3, -0.25) is 4.79 Å². The van der Waals surface area contributed by atoms with Gasteiger partial charge in [-0.2, -0.15) is 13.2 Å². The van der Waals surface area contributed by atoms with Crippen molar-refractivity contribution in [2.75, 3.05) is 13.1 Å². The zero-order valence-corrected chi connectivity index (χ0v) is 10.8. The van der Waals surface area contributed by atoms with E-state index in [0.29, 0.717) is 13.0 Å².